The van der Waals surface area contributed by atoms with E-state index in [1.165, 1.54) is 63.5 Å². The summed E-state index contributed by atoms with van der Waals surface area (Å²) < 4.78 is 26.7. The fourth-order valence-electron chi connectivity index (χ4n) is 4.19. The molecule has 3 aromatic rings. The van der Waals surface area contributed by atoms with Gasteiger partial charge in [0.05, 0.1) is 24.2 Å². The molecule has 0 spiro atoms. The van der Waals surface area contributed by atoms with E-state index < -0.39 is 0 Å². The van der Waals surface area contributed by atoms with E-state index in [1.54, 1.807) is 12.1 Å². The summed E-state index contributed by atoms with van der Waals surface area (Å²) in [7, 11) is 0. The van der Waals surface area contributed by atoms with E-state index in [9.17, 15) is 4.39 Å². The largest absolute Gasteiger partial charge is 0.457 e. The quantitative estimate of drug-likeness (QED) is 0.166. The Labute approximate surface area is 229 Å². The van der Waals surface area contributed by atoms with Gasteiger partial charge in [-0.3, -0.25) is 0 Å². The number of fused-ring (bicyclic) bond motifs is 1. The van der Waals surface area contributed by atoms with E-state index in [-0.39, 0.29) is 5.82 Å². The Balaban J connectivity index is 0.000000391. The van der Waals surface area contributed by atoms with Gasteiger partial charge >= 0.3 is 0 Å². The van der Waals surface area contributed by atoms with Crippen LogP contribution < -0.4 is 15.8 Å². The number of nitrogens with zero attached hydrogens (tertiary/aromatic N) is 2. The van der Waals surface area contributed by atoms with Crippen LogP contribution in [-0.2, 0) is 17.8 Å². The highest BCUT2D eigenvalue weighted by atomic mass is 19.1. The van der Waals surface area contributed by atoms with E-state index in [0.29, 0.717) is 31.3 Å². The van der Waals surface area contributed by atoms with Gasteiger partial charge in [0.2, 0.25) is 0 Å². The van der Waals surface area contributed by atoms with Gasteiger partial charge in [-0.2, -0.15) is 0 Å². The van der Waals surface area contributed by atoms with Gasteiger partial charge in [0.1, 0.15) is 23.1 Å². The molecule has 3 rings (SSSR count). The molecule has 7 heteroatoms. The lowest BCUT2D eigenvalue weighted by molar-refractivity contribution is 0.139. The van der Waals surface area contributed by atoms with Crippen molar-refractivity contribution < 1.29 is 13.9 Å². The highest BCUT2D eigenvalue weighted by Gasteiger charge is 2.12. The van der Waals surface area contributed by atoms with Gasteiger partial charge in [-0.1, -0.05) is 58.8 Å². The first-order chi connectivity index (χ1) is 18.6. The first kappa shape index (κ1) is 31.7. The van der Waals surface area contributed by atoms with Crippen LogP contribution in [-0.4, -0.2) is 35.9 Å². The van der Waals surface area contributed by atoms with Crippen molar-refractivity contribution in [1.29, 1.82) is 0 Å². The number of hydrogen-bond acceptors (Lipinski definition) is 5. The first-order valence-electron chi connectivity index (χ1n) is 14.5. The van der Waals surface area contributed by atoms with E-state index in [0.717, 1.165) is 42.9 Å². The van der Waals surface area contributed by atoms with E-state index in [1.807, 2.05) is 25.1 Å². The number of hydrogen-bond donors (Lipinski definition) is 2. The van der Waals surface area contributed by atoms with Crippen LogP contribution in [0.1, 0.15) is 84.4 Å². The van der Waals surface area contributed by atoms with Crippen molar-refractivity contribution in [1.82, 2.24) is 14.9 Å². The van der Waals surface area contributed by atoms with Crippen molar-refractivity contribution in [2.75, 3.05) is 26.3 Å². The Hall–Kier alpha value is -2.48. The maximum atomic E-state index is 13.1. The number of imidazole rings is 1. The summed E-state index contributed by atoms with van der Waals surface area (Å²) in [6.07, 6.45) is 12.1. The third-order valence-electron chi connectivity index (χ3n) is 6.28. The first-order valence-corrected chi connectivity index (χ1v) is 14.5. The van der Waals surface area contributed by atoms with Crippen molar-refractivity contribution in [3.05, 3.63) is 54.1 Å². The number of benzene rings is 2. The van der Waals surface area contributed by atoms with E-state index in [2.05, 4.69) is 23.7 Å². The van der Waals surface area contributed by atoms with Crippen LogP contribution in [0.15, 0.2) is 42.5 Å². The van der Waals surface area contributed by atoms with E-state index >= 15 is 0 Å². The molecule has 212 valence electrons. The molecule has 0 unspecified atom stereocenters. The third kappa shape index (κ3) is 11.9. The molecule has 0 amide bonds. The fourth-order valence-corrected chi connectivity index (χ4v) is 4.19. The minimum atomic E-state index is -0.281. The van der Waals surface area contributed by atoms with Crippen LogP contribution in [0, 0.1) is 5.82 Å². The van der Waals surface area contributed by atoms with Crippen LogP contribution in [0.25, 0.3) is 11.0 Å². The molecule has 0 saturated carbocycles. The smallest absolute Gasteiger partial charge is 0.129 e. The average Bonchev–Trinajstić information content (AvgIpc) is 3.27. The lowest BCUT2D eigenvalue weighted by atomic mass is 10.1. The molecule has 0 aliphatic rings. The standard InChI is InChI=1S/C21H26FN3O2.C10H23N/c1-3-11-23-15-21-24-19-10-9-18(27-17-7-5-16(22)6-8-17)14-20(19)25(21)12-13-26-4-2;1-2-3-4-5-6-7-8-9-10-11/h5-10,14,23H,3-4,11-13,15H2,1-2H3;2-11H2,1H3. The fraction of sp³-hybridized carbons (Fsp3) is 0.581. The summed E-state index contributed by atoms with van der Waals surface area (Å²) in [5, 5.41) is 3.41. The van der Waals surface area contributed by atoms with E-state index in [4.69, 9.17) is 20.2 Å². The molecule has 0 fully saturated rings. The molecule has 3 N–H and O–H groups in total. The Kier molecular flexibility index (Phi) is 16.3. The minimum Gasteiger partial charge on any atom is -0.457 e. The predicted molar refractivity (Wildman–Crippen MR) is 156 cm³/mol. The highest BCUT2D eigenvalue weighted by molar-refractivity contribution is 5.78. The number of nitrogens with one attached hydrogen (secondary N) is 1. The molecule has 0 radical (unpaired) electrons. The second kappa shape index (κ2) is 19.6. The van der Waals surface area contributed by atoms with Gasteiger partial charge in [0.25, 0.3) is 0 Å². The molecule has 0 aliphatic heterocycles. The summed E-state index contributed by atoms with van der Waals surface area (Å²) >= 11 is 0. The van der Waals surface area contributed by atoms with Gasteiger partial charge in [0.15, 0.2) is 0 Å². The number of rotatable bonds is 18. The highest BCUT2D eigenvalue weighted by Crippen LogP contribution is 2.26. The normalized spacial score (nSPS) is 11.0. The van der Waals surface area contributed by atoms with Crippen molar-refractivity contribution in [3.63, 3.8) is 0 Å². The molecular formula is C31H49FN4O2. The zero-order valence-corrected chi connectivity index (χ0v) is 23.8. The average molecular weight is 529 g/mol. The number of aromatic nitrogens is 2. The summed E-state index contributed by atoms with van der Waals surface area (Å²) in [5.41, 5.74) is 7.32. The van der Waals surface area contributed by atoms with Gasteiger partial charge in [-0.15, -0.1) is 0 Å². The summed E-state index contributed by atoms with van der Waals surface area (Å²) in [6.45, 7) is 11.0. The molecule has 1 aromatic heterocycles. The number of halogens is 1. The van der Waals surface area contributed by atoms with Crippen LogP contribution in [0.2, 0.25) is 0 Å². The molecule has 6 nitrogen and oxygen atoms in total. The molecule has 38 heavy (non-hydrogen) atoms. The Morgan fingerprint density at radius 2 is 1.55 bits per heavy atom. The SMILES string of the molecule is CCCCCCCCCCN.CCCNCc1nc2ccc(Oc3ccc(F)cc3)cc2n1CCOCC. The van der Waals surface area contributed by atoms with Crippen molar-refractivity contribution in [2.45, 2.75) is 91.6 Å². The maximum absolute atomic E-state index is 13.1. The van der Waals surface area contributed by atoms with Gasteiger partial charge in [-0.25, -0.2) is 9.37 Å². The molecule has 1 heterocycles. The minimum absolute atomic E-state index is 0.281. The van der Waals surface area contributed by atoms with Crippen LogP contribution in [0.3, 0.4) is 0 Å². The van der Waals surface area contributed by atoms with Crippen LogP contribution >= 0.6 is 0 Å². The summed E-state index contributed by atoms with van der Waals surface area (Å²) in [6, 6.07) is 11.8. The summed E-state index contributed by atoms with van der Waals surface area (Å²) in [5.74, 6) is 1.99. The second-order valence-corrected chi connectivity index (χ2v) is 9.52. The number of unbranched alkanes of at least 4 members (excludes halogenated alkanes) is 7. The Morgan fingerprint density at radius 3 is 2.21 bits per heavy atom. The van der Waals surface area contributed by atoms with Crippen molar-refractivity contribution >= 4 is 11.0 Å². The maximum Gasteiger partial charge on any atom is 0.129 e. The second-order valence-electron chi connectivity index (χ2n) is 9.52. The van der Waals surface area contributed by atoms with Gasteiger partial charge < -0.3 is 25.1 Å². The molecule has 0 atom stereocenters. The predicted octanol–water partition coefficient (Wildman–Crippen LogP) is 7.59. The van der Waals surface area contributed by atoms with Crippen molar-refractivity contribution in [2.24, 2.45) is 5.73 Å². The molecule has 0 aliphatic carbocycles. The lowest BCUT2D eigenvalue weighted by Crippen LogP contribution is -2.19. The molecule has 0 bridgehead atoms. The van der Waals surface area contributed by atoms with Crippen LogP contribution in [0.4, 0.5) is 4.39 Å². The Bertz CT molecular complexity index is 999. The van der Waals surface area contributed by atoms with Crippen LogP contribution in [0.5, 0.6) is 11.5 Å². The molecule has 0 saturated heterocycles. The number of nitrogens with two attached hydrogens (primary N) is 1. The monoisotopic (exact) mass is 528 g/mol. The zero-order valence-electron chi connectivity index (χ0n) is 23.8. The van der Waals surface area contributed by atoms with Gasteiger partial charge in [0, 0.05) is 19.2 Å². The Morgan fingerprint density at radius 1 is 0.868 bits per heavy atom. The van der Waals surface area contributed by atoms with Crippen molar-refractivity contribution in [3.8, 4) is 11.5 Å². The lowest BCUT2D eigenvalue weighted by Gasteiger charge is -2.11. The van der Waals surface area contributed by atoms with Gasteiger partial charge in [-0.05, 0) is 69.3 Å². The number of ether oxygens (including phenoxy) is 2. The molecular weight excluding hydrogens is 479 g/mol. The topological polar surface area (TPSA) is 74.3 Å². The zero-order chi connectivity index (χ0) is 27.4. The molecule has 2 aromatic carbocycles. The third-order valence-corrected chi connectivity index (χ3v) is 6.28. The summed E-state index contributed by atoms with van der Waals surface area (Å²) in [4.78, 5) is 4.76.